The topological polar surface area (TPSA) is 81.1 Å². The van der Waals surface area contributed by atoms with Crippen molar-refractivity contribution in [1.82, 2.24) is 20.0 Å². The highest BCUT2D eigenvalue weighted by molar-refractivity contribution is 5.46. The Labute approximate surface area is 118 Å². The van der Waals surface area contributed by atoms with Crippen LogP contribution in [-0.2, 0) is 6.54 Å². The summed E-state index contributed by atoms with van der Waals surface area (Å²) in [5.41, 5.74) is 6.76. The van der Waals surface area contributed by atoms with Gasteiger partial charge in [-0.15, -0.1) is 0 Å². The Bertz CT molecular complexity index is 556. The van der Waals surface area contributed by atoms with E-state index in [1.807, 2.05) is 18.2 Å². The molecule has 1 aliphatic rings. The van der Waals surface area contributed by atoms with Crippen LogP contribution in [0.1, 0.15) is 19.2 Å². The summed E-state index contributed by atoms with van der Waals surface area (Å²) in [7, 11) is 0. The molecule has 0 spiro atoms. The first-order valence-electron chi connectivity index (χ1n) is 6.94. The van der Waals surface area contributed by atoms with Crippen molar-refractivity contribution in [1.29, 1.82) is 0 Å². The average Bonchev–Trinajstić information content (AvgIpc) is 2.92. The van der Waals surface area contributed by atoms with Gasteiger partial charge < -0.3 is 10.3 Å². The Balaban J connectivity index is 1.66. The van der Waals surface area contributed by atoms with Crippen LogP contribution in [0.2, 0.25) is 0 Å². The van der Waals surface area contributed by atoms with Gasteiger partial charge in [0.25, 0.3) is 0 Å². The summed E-state index contributed by atoms with van der Waals surface area (Å²) in [5, 5.41) is 3.99. The molecule has 1 saturated heterocycles. The van der Waals surface area contributed by atoms with E-state index >= 15 is 0 Å². The van der Waals surface area contributed by atoms with Crippen molar-refractivity contribution in [3.8, 4) is 11.5 Å². The van der Waals surface area contributed by atoms with Gasteiger partial charge in [-0.1, -0.05) is 18.1 Å². The zero-order valence-corrected chi connectivity index (χ0v) is 11.6. The number of rotatable bonds is 3. The van der Waals surface area contributed by atoms with Gasteiger partial charge in [-0.05, 0) is 24.5 Å². The normalized spacial score (nSPS) is 23.9. The molecule has 2 unspecified atom stereocenters. The van der Waals surface area contributed by atoms with Crippen LogP contribution in [0, 0.1) is 5.92 Å². The molecule has 6 nitrogen and oxygen atoms in total. The number of hydrogen-bond acceptors (Lipinski definition) is 6. The molecular formula is C14H19N5O. The largest absolute Gasteiger partial charge is 0.337 e. The zero-order valence-electron chi connectivity index (χ0n) is 11.6. The molecule has 2 atom stereocenters. The van der Waals surface area contributed by atoms with E-state index < -0.39 is 0 Å². The van der Waals surface area contributed by atoms with Gasteiger partial charge in [-0.3, -0.25) is 9.88 Å². The molecule has 3 heterocycles. The van der Waals surface area contributed by atoms with Crippen LogP contribution in [0.4, 0.5) is 0 Å². The summed E-state index contributed by atoms with van der Waals surface area (Å²) in [4.78, 5) is 10.9. The molecule has 2 aromatic rings. The van der Waals surface area contributed by atoms with E-state index in [-0.39, 0.29) is 0 Å². The second-order valence-electron chi connectivity index (χ2n) is 5.39. The number of likely N-dealkylation sites (tertiary alicyclic amines) is 1. The number of nitrogens with zero attached hydrogens (tertiary/aromatic N) is 4. The number of piperidine rings is 1. The van der Waals surface area contributed by atoms with E-state index in [1.54, 1.807) is 6.20 Å². The average molecular weight is 273 g/mol. The number of pyridine rings is 1. The Hall–Kier alpha value is -1.79. The van der Waals surface area contributed by atoms with Crippen LogP contribution in [0.5, 0.6) is 0 Å². The van der Waals surface area contributed by atoms with Gasteiger partial charge in [-0.2, -0.15) is 4.98 Å². The number of nitrogens with two attached hydrogens (primary N) is 1. The molecule has 2 aromatic heterocycles. The van der Waals surface area contributed by atoms with Crippen molar-refractivity contribution in [2.75, 3.05) is 13.1 Å². The van der Waals surface area contributed by atoms with E-state index in [2.05, 4.69) is 26.9 Å². The highest BCUT2D eigenvalue weighted by Gasteiger charge is 2.24. The lowest BCUT2D eigenvalue weighted by molar-refractivity contribution is 0.142. The predicted molar refractivity (Wildman–Crippen MR) is 74.6 cm³/mol. The zero-order chi connectivity index (χ0) is 13.9. The van der Waals surface area contributed by atoms with Crippen molar-refractivity contribution in [3.05, 3.63) is 30.3 Å². The molecule has 106 valence electrons. The van der Waals surface area contributed by atoms with Crippen molar-refractivity contribution >= 4 is 0 Å². The van der Waals surface area contributed by atoms with E-state index in [4.69, 9.17) is 10.3 Å². The van der Waals surface area contributed by atoms with Crippen LogP contribution >= 0.6 is 0 Å². The third-order valence-electron chi connectivity index (χ3n) is 3.78. The summed E-state index contributed by atoms with van der Waals surface area (Å²) in [6.45, 7) is 4.82. The lowest BCUT2D eigenvalue weighted by atomic mass is 9.95. The molecule has 1 aliphatic heterocycles. The minimum atomic E-state index is 0.304. The fourth-order valence-electron chi connectivity index (χ4n) is 2.50. The molecule has 0 bridgehead atoms. The summed E-state index contributed by atoms with van der Waals surface area (Å²) in [6, 6.07) is 5.95. The Morgan fingerprint density at radius 1 is 1.45 bits per heavy atom. The van der Waals surface area contributed by atoms with Gasteiger partial charge in [0.05, 0.1) is 6.54 Å². The molecular weight excluding hydrogens is 254 g/mol. The predicted octanol–water partition coefficient (Wildman–Crippen LogP) is 1.30. The quantitative estimate of drug-likeness (QED) is 0.908. The molecule has 20 heavy (non-hydrogen) atoms. The smallest absolute Gasteiger partial charge is 0.241 e. The van der Waals surface area contributed by atoms with E-state index in [0.29, 0.717) is 30.2 Å². The highest BCUT2D eigenvalue weighted by Crippen LogP contribution is 2.18. The fourth-order valence-corrected chi connectivity index (χ4v) is 2.50. The van der Waals surface area contributed by atoms with E-state index in [1.165, 1.54) is 0 Å². The van der Waals surface area contributed by atoms with Crippen molar-refractivity contribution in [2.24, 2.45) is 11.7 Å². The monoisotopic (exact) mass is 273 g/mol. The minimum absolute atomic E-state index is 0.304. The van der Waals surface area contributed by atoms with Crippen LogP contribution in [0.3, 0.4) is 0 Å². The summed E-state index contributed by atoms with van der Waals surface area (Å²) in [5.74, 6) is 1.68. The fraction of sp³-hybridized carbons (Fsp3) is 0.500. The van der Waals surface area contributed by atoms with Crippen molar-refractivity contribution < 1.29 is 4.52 Å². The van der Waals surface area contributed by atoms with Crippen LogP contribution in [0.25, 0.3) is 11.5 Å². The van der Waals surface area contributed by atoms with E-state index in [0.717, 1.165) is 25.2 Å². The van der Waals surface area contributed by atoms with E-state index in [9.17, 15) is 0 Å². The third-order valence-corrected chi connectivity index (χ3v) is 3.78. The number of hydrogen-bond donors (Lipinski definition) is 1. The Kier molecular flexibility index (Phi) is 3.75. The van der Waals surface area contributed by atoms with Crippen LogP contribution in [0.15, 0.2) is 28.9 Å². The number of aromatic nitrogens is 3. The van der Waals surface area contributed by atoms with Gasteiger partial charge in [-0.25, -0.2) is 0 Å². The van der Waals surface area contributed by atoms with Gasteiger partial charge in [0.1, 0.15) is 5.69 Å². The molecule has 2 N–H and O–H groups in total. The lowest BCUT2D eigenvalue weighted by Crippen LogP contribution is -2.45. The lowest BCUT2D eigenvalue weighted by Gasteiger charge is -2.34. The summed E-state index contributed by atoms with van der Waals surface area (Å²) in [6.07, 6.45) is 2.74. The molecule has 1 fully saturated rings. The molecule has 0 aliphatic carbocycles. The Morgan fingerprint density at radius 2 is 2.35 bits per heavy atom. The summed E-state index contributed by atoms with van der Waals surface area (Å²) < 4.78 is 5.31. The standard InChI is InChI=1S/C14H19N5O/c1-10-8-19(7-5-11(10)15)9-13-17-14(18-20-13)12-4-2-3-6-16-12/h2-4,6,10-11H,5,7-9,15H2,1H3. The van der Waals surface area contributed by atoms with Crippen LogP contribution in [-0.4, -0.2) is 39.2 Å². The molecule has 0 radical (unpaired) electrons. The highest BCUT2D eigenvalue weighted by atomic mass is 16.5. The molecule has 0 saturated carbocycles. The van der Waals surface area contributed by atoms with Gasteiger partial charge >= 0.3 is 0 Å². The SMILES string of the molecule is CC1CN(Cc2nc(-c3ccccn3)no2)CCC1N. The summed E-state index contributed by atoms with van der Waals surface area (Å²) >= 11 is 0. The maximum atomic E-state index is 6.03. The first kappa shape index (κ1) is 13.2. The van der Waals surface area contributed by atoms with Crippen molar-refractivity contribution in [3.63, 3.8) is 0 Å². The second-order valence-corrected chi connectivity index (χ2v) is 5.39. The molecule has 6 heteroatoms. The van der Waals surface area contributed by atoms with Gasteiger partial charge in [0, 0.05) is 25.3 Å². The molecule has 3 rings (SSSR count). The van der Waals surface area contributed by atoms with Crippen LogP contribution < -0.4 is 5.73 Å². The Morgan fingerprint density at radius 3 is 3.10 bits per heavy atom. The molecule has 0 amide bonds. The van der Waals surface area contributed by atoms with Crippen molar-refractivity contribution in [2.45, 2.75) is 25.9 Å². The van der Waals surface area contributed by atoms with Gasteiger partial charge in [0.2, 0.25) is 11.7 Å². The molecule has 0 aromatic carbocycles. The minimum Gasteiger partial charge on any atom is -0.337 e. The first-order valence-corrected chi connectivity index (χ1v) is 6.94. The first-order chi connectivity index (χ1) is 9.72. The third kappa shape index (κ3) is 2.86. The van der Waals surface area contributed by atoms with Gasteiger partial charge in [0.15, 0.2) is 0 Å². The maximum absolute atomic E-state index is 6.03. The maximum Gasteiger partial charge on any atom is 0.241 e. The second kappa shape index (κ2) is 5.68.